The van der Waals surface area contributed by atoms with Gasteiger partial charge in [-0.1, -0.05) is 6.92 Å². The van der Waals surface area contributed by atoms with Crippen molar-refractivity contribution < 1.29 is 0 Å². The predicted molar refractivity (Wildman–Crippen MR) is 44.0 cm³/mol. The fourth-order valence-corrected chi connectivity index (χ4v) is 1.65. The second kappa shape index (κ2) is 3.35. The molecule has 0 aliphatic carbocycles. The van der Waals surface area contributed by atoms with Crippen molar-refractivity contribution in [2.24, 2.45) is 0 Å². The molecule has 0 aromatic rings. The SMILES string of the molecule is CCCN1CN(C)C[C@@H]1C. The zero-order valence-corrected chi connectivity index (χ0v) is 7.30. The van der Waals surface area contributed by atoms with Gasteiger partial charge in [0, 0.05) is 12.6 Å². The topological polar surface area (TPSA) is 6.48 Å². The first kappa shape index (κ1) is 8.02. The minimum Gasteiger partial charge on any atom is -0.292 e. The van der Waals surface area contributed by atoms with Crippen LogP contribution in [0.4, 0.5) is 0 Å². The molecule has 1 fully saturated rings. The van der Waals surface area contributed by atoms with Crippen LogP contribution in [0.3, 0.4) is 0 Å². The van der Waals surface area contributed by atoms with Crippen molar-refractivity contribution in [2.45, 2.75) is 26.3 Å². The van der Waals surface area contributed by atoms with Crippen LogP contribution in [-0.2, 0) is 0 Å². The summed E-state index contributed by atoms with van der Waals surface area (Å²) in [6.07, 6.45) is 1.28. The van der Waals surface area contributed by atoms with Crippen LogP contribution >= 0.6 is 0 Å². The Balaban J connectivity index is 2.31. The van der Waals surface area contributed by atoms with Crippen molar-refractivity contribution >= 4 is 0 Å². The molecule has 0 aromatic carbocycles. The molecule has 1 saturated heterocycles. The maximum atomic E-state index is 2.53. The third-order valence-electron chi connectivity index (χ3n) is 2.13. The van der Waals surface area contributed by atoms with E-state index in [-0.39, 0.29) is 0 Å². The van der Waals surface area contributed by atoms with E-state index in [1.54, 1.807) is 0 Å². The van der Waals surface area contributed by atoms with Crippen LogP contribution < -0.4 is 0 Å². The van der Waals surface area contributed by atoms with Crippen molar-refractivity contribution in [1.82, 2.24) is 9.80 Å². The lowest BCUT2D eigenvalue weighted by molar-refractivity contribution is 0.244. The number of likely N-dealkylation sites (N-methyl/N-ethyl adjacent to an activating group) is 1. The molecule has 1 aliphatic heterocycles. The maximum absolute atomic E-state index is 2.53. The fraction of sp³-hybridized carbons (Fsp3) is 1.00. The van der Waals surface area contributed by atoms with Gasteiger partial charge in [-0.2, -0.15) is 0 Å². The van der Waals surface area contributed by atoms with Gasteiger partial charge in [0.2, 0.25) is 0 Å². The fourth-order valence-electron chi connectivity index (χ4n) is 1.65. The summed E-state index contributed by atoms with van der Waals surface area (Å²) >= 11 is 0. The van der Waals surface area contributed by atoms with E-state index in [0.29, 0.717) is 0 Å². The molecular weight excluding hydrogens is 124 g/mol. The molecule has 0 saturated carbocycles. The average Bonchev–Trinajstić information content (AvgIpc) is 2.13. The highest BCUT2D eigenvalue weighted by Gasteiger charge is 2.22. The Kier molecular flexibility index (Phi) is 2.69. The highest BCUT2D eigenvalue weighted by Crippen LogP contribution is 2.10. The predicted octanol–water partition coefficient (Wildman–Crippen LogP) is 0.990. The summed E-state index contributed by atoms with van der Waals surface area (Å²) in [5.74, 6) is 0. The Labute approximate surface area is 63.8 Å². The van der Waals surface area contributed by atoms with E-state index in [0.717, 1.165) is 12.7 Å². The summed E-state index contributed by atoms with van der Waals surface area (Å²) < 4.78 is 0. The molecular formula is C8H18N2. The van der Waals surface area contributed by atoms with Crippen LogP contribution in [0.15, 0.2) is 0 Å². The molecule has 0 aromatic heterocycles. The molecule has 1 aliphatic rings. The molecule has 1 heterocycles. The largest absolute Gasteiger partial charge is 0.292 e. The summed E-state index contributed by atoms with van der Waals surface area (Å²) in [7, 11) is 2.19. The van der Waals surface area contributed by atoms with Crippen molar-refractivity contribution in [2.75, 3.05) is 26.8 Å². The summed E-state index contributed by atoms with van der Waals surface area (Å²) in [4.78, 5) is 4.90. The van der Waals surface area contributed by atoms with E-state index in [1.165, 1.54) is 19.5 Å². The van der Waals surface area contributed by atoms with Crippen molar-refractivity contribution in [3.05, 3.63) is 0 Å². The van der Waals surface area contributed by atoms with Gasteiger partial charge >= 0.3 is 0 Å². The zero-order valence-electron chi connectivity index (χ0n) is 7.30. The van der Waals surface area contributed by atoms with Crippen LogP contribution in [0.1, 0.15) is 20.3 Å². The average molecular weight is 142 g/mol. The van der Waals surface area contributed by atoms with E-state index in [9.17, 15) is 0 Å². The molecule has 0 bridgehead atoms. The van der Waals surface area contributed by atoms with E-state index >= 15 is 0 Å². The normalized spacial score (nSPS) is 29.7. The molecule has 10 heavy (non-hydrogen) atoms. The Morgan fingerprint density at radius 1 is 1.50 bits per heavy atom. The summed E-state index contributed by atoms with van der Waals surface area (Å²) in [6, 6.07) is 0.768. The van der Waals surface area contributed by atoms with Crippen LogP contribution in [0.25, 0.3) is 0 Å². The first-order valence-corrected chi connectivity index (χ1v) is 4.16. The third kappa shape index (κ3) is 1.70. The standard InChI is InChI=1S/C8H18N2/c1-4-5-10-7-9(3)6-8(10)2/h8H,4-7H2,1-3H3/t8-/m0/s1. The number of hydrogen-bond donors (Lipinski definition) is 0. The lowest BCUT2D eigenvalue weighted by Crippen LogP contribution is -2.29. The Hall–Kier alpha value is -0.0800. The highest BCUT2D eigenvalue weighted by atomic mass is 15.4. The zero-order chi connectivity index (χ0) is 7.56. The quantitative estimate of drug-likeness (QED) is 0.567. The molecule has 1 rings (SSSR count). The molecule has 1 atom stereocenters. The minimum atomic E-state index is 0.768. The second-order valence-electron chi connectivity index (χ2n) is 3.34. The first-order valence-electron chi connectivity index (χ1n) is 4.16. The highest BCUT2D eigenvalue weighted by molar-refractivity contribution is 4.76. The smallest absolute Gasteiger partial charge is 0.0507 e. The van der Waals surface area contributed by atoms with Crippen molar-refractivity contribution in [1.29, 1.82) is 0 Å². The van der Waals surface area contributed by atoms with Gasteiger partial charge in [-0.25, -0.2) is 0 Å². The van der Waals surface area contributed by atoms with Gasteiger partial charge in [0.25, 0.3) is 0 Å². The first-order chi connectivity index (χ1) is 4.74. The van der Waals surface area contributed by atoms with Gasteiger partial charge in [0.05, 0.1) is 6.67 Å². The van der Waals surface area contributed by atoms with E-state index < -0.39 is 0 Å². The molecule has 2 heteroatoms. The van der Waals surface area contributed by atoms with Gasteiger partial charge in [0.1, 0.15) is 0 Å². The van der Waals surface area contributed by atoms with E-state index in [2.05, 4.69) is 30.7 Å². The van der Waals surface area contributed by atoms with Crippen LogP contribution in [0, 0.1) is 0 Å². The summed E-state index contributed by atoms with van der Waals surface area (Å²) in [5.41, 5.74) is 0. The third-order valence-corrected chi connectivity index (χ3v) is 2.13. The minimum absolute atomic E-state index is 0.768. The lowest BCUT2D eigenvalue weighted by Gasteiger charge is -2.18. The molecule has 0 unspecified atom stereocenters. The van der Waals surface area contributed by atoms with Gasteiger partial charge in [-0.3, -0.25) is 9.80 Å². The molecule has 0 radical (unpaired) electrons. The van der Waals surface area contributed by atoms with Crippen molar-refractivity contribution in [3.8, 4) is 0 Å². The van der Waals surface area contributed by atoms with E-state index in [4.69, 9.17) is 0 Å². The Morgan fingerprint density at radius 3 is 2.60 bits per heavy atom. The molecule has 0 spiro atoms. The van der Waals surface area contributed by atoms with Crippen LogP contribution in [-0.4, -0.2) is 42.6 Å². The van der Waals surface area contributed by atoms with Gasteiger partial charge in [-0.05, 0) is 26.9 Å². The Bertz CT molecular complexity index is 103. The number of hydrogen-bond acceptors (Lipinski definition) is 2. The molecule has 2 nitrogen and oxygen atoms in total. The number of nitrogens with zero attached hydrogens (tertiary/aromatic N) is 2. The van der Waals surface area contributed by atoms with Crippen molar-refractivity contribution in [3.63, 3.8) is 0 Å². The number of rotatable bonds is 2. The van der Waals surface area contributed by atoms with Gasteiger partial charge in [0.15, 0.2) is 0 Å². The Morgan fingerprint density at radius 2 is 2.20 bits per heavy atom. The maximum Gasteiger partial charge on any atom is 0.0507 e. The molecule has 0 amide bonds. The monoisotopic (exact) mass is 142 g/mol. The molecule has 0 N–H and O–H groups in total. The van der Waals surface area contributed by atoms with Gasteiger partial charge in [-0.15, -0.1) is 0 Å². The summed E-state index contributed by atoms with van der Waals surface area (Å²) in [6.45, 7) is 8.20. The van der Waals surface area contributed by atoms with Crippen LogP contribution in [0.5, 0.6) is 0 Å². The van der Waals surface area contributed by atoms with Gasteiger partial charge < -0.3 is 0 Å². The van der Waals surface area contributed by atoms with Crippen LogP contribution in [0.2, 0.25) is 0 Å². The second-order valence-corrected chi connectivity index (χ2v) is 3.34. The molecule has 60 valence electrons. The lowest BCUT2D eigenvalue weighted by atomic mass is 10.3. The van der Waals surface area contributed by atoms with E-state index in [1.807, 2.05) is 0 Å². The summed E-state index contributed by atoms with van der Waals surface area (Å²) in [5, 5.41) is 0.